The Morgan fingerprint density at radius 1 is 1.00 bits per heavy atom. The van der Waals surface area contributed by atoms with Gasteiger partial charge in [-0.25, -0.2) is 0 Å². The highest BCUT2D eigenvalue weighted by Gasteiger charge is 2.45. The zero-order valence-electron chi connectivity index (χ0n) is 12.7. The molecule has 0 radical (unpaired) electrons. The van der Waals surface area contributed by atoms with E-state index in [1.54, 1.807) is 20.9 Å². The molecule has 0 aliphatic rings. The number of hydrogen-bond donors (Lipinski definition) is 0. The minimum Gasteiger partial charge on any atom is -0.292 e. The lowest BCUT2D eigenvalue weighted by Gasteiger charge is -2.37. The van der Waals surface area contributed by atoms with Crippen LogP contribution in [0, 0.1) is 11.3 Å². The van der Waals surface area contributed by atoms with E-state index in [2.05, 4.69) is 20.8 Å². The second kappa shape index (κ2) is 6.27. The molecule has 2 atom stereocenters. The van der Waals surface area contributed by atoms with Crippen LogP contribution in [0.3, 0.4) is 0 Å². The summed E-state index contributed by atoms with van der Waals surface area (Å²) in [6, 6.07) is -1.41. The molecule has 0 aliphatic heterocycles. The van der Waals surface area contributed by atoms with Crippen molar-refractivity contribution in [2.24, 2.45) is 11.3 Å². The van der Waals surface area contributed by atoms with Crippen LogP contribution in [-0.2, 0) is 0 Å². The highest BCUT2D eigenvalue weighted by Crippen LogP contribution is 2.32. The van der Waals surface area contributed by atoms with Gasteiger partial charge >= 0.3 is 6.18 Å². The predicted molar refractivity (Wildman–Crippen MR) is 70.6 cm³/mol. The topological polar surface area (TPSA) is 3.24 Å². The van der Waals surface area contributed by atoms with E-state index in [0.29, 0.717) is 0 Å². The van der Waals surface area contributed by atoms with Crippen molar-refractivity contribution in [2.75, 3.05) is 7.05 Å². The molecule has 0 aromatic carbocycles. The summed E-state index contributed by atoms with van der Waals surface area (Å²) in [6.07, 6.45) is -2.43. The van der Waals surface area contributed by atoms with Gasteiger partial charge in [-0.05, 0) is 38.1 Å². The van der Waals surface area contributed by atoms with Crippen LogP contribution in [0.5, 0.6) is 0 Å². The van der Waals surface area contributed by atoms with Gasteiger partial charge in [0.2, 0.25) is 0 Å². The number of nitrogens with zero attached hydrogens (tertiary/aromatic N) is 1. The highest BCUT2D eigenvalue weighted by molar-refractivity contribution is 4.83. The molecule has 0 unspecified atom stereocenters. The van der Waals surface area contributed by atoms with Crippen LogP contribution in [0.2, 0.25) is 0 Å². The van der Waals surface area contributed by atoms with Gasteiger partial charge in [0.15, 0.2) is 0 Å². The molecule has 0 saturated carbocycles. The molecule has 0 aromatic rings. The summed E-state index contributed by atoms with van der Waals surface area (Å²) in [6.45, 7) is 11.5. The summed E-state index contributed by atoms with van der Waals surface area (Å²) in [4.78, 5) is 1.48. The van der Waals surface area contributed by atoms with Crippen molar-refractivity contribution < 1.29 is 13.2 Å². The van der Waals surface area contributed by atoms with Crippen molar-refractivity contribution in [2.45, 2.75) is 72.6 Å². The largest absolute Gasteiger partial charge is 0.404 e. The first kappa shape index (κ1) is 17.8. The highest BCUT2D eigenvalue weighted by atomic mass is 19.4. The second-order valence-electron chi connectivity index (χ2n) is 6.84. The van der Waals surface area contributed by atoms with E-state index in [0.717, 1.165) is 12.8 Å². The molecular weight excluding hydrogens is 239 g/mol. The Kier molecular flexibility index (Phi) is 6.18. The van der Waals surface area contributed by atoms with E-state index >= 15 is 0 Å². The summed E-state index contributed by atoms with van der Waals surface area (Å²) in [7, 11) is 1.59. The fraction of sp³-hybridized carbons (Fsp3) is 1.00. The van der Waals surface area contributed by atoms with Gasteiger partial charge in [0.1, 0.15) is 6.04 Å². The molecule has 0 bridgehead atoms. The van der Waals surface area contributed by atoms with Crippen LogP contribution in [0.4, 0.5) is 13.2 Å². The van der Waals surface area contributed by atoms with Crippen molar-refractivity contribution in [3.8, 4) is 0 Å². The number of halogens is 3. The van der Waals surface area contributed by atoms with Crippen molar-refractivity contribution in [1.29, 1.82) is 0 Å². The van der Waals surface area contributed by atoms with E-state index in [1.165, 1.54) is 4.90 Å². The molecule has 0 aromatic heterocycles. The maximum Gasteiger partial charge on any atom is 0.404 e. The van der Waals surface area contributed by atoms with Gasteiger partial charge in [-0.3, -0.25) is 4.90 Å². The fourth-order valence-corrected chi connectivity index (χ4v) is 2.20. The standard InChI is InChI=1S/C14H28F3N/c1-10(2)12(14(15,16)17)18(7)11(3)8-9-13(4,5)6/h10-12H,8-9H2,1-7H3/t11-,12-/m0/s1. The zero-order chi connectivity index (χ0) is 14.7. The molecule has 0 saturated heterocycles. The zero-order valence-corrected chi connectivity index (χ0v) is 12.7. The Morgan fingerprint density at radius 3 is 1.72 bits per heavy atom. The fourth-order valence-electron chi connectivity index (χ4n) is 2.20. The first-order valence-electron chi connectivity index (χ1n) is 6.65. The molecular formula is C14H28F3N. The van der Waals surface area contributed by atoms with Gasteiger partial charge in [0.05, 0.1) is 0 Å². The Balaban J connectivity index is 4.63. The Morgan fingerprint density at radius 2 is 1.44 bits per heavy atom. The average Bonchev–Trinajstić information content (AvgIpc) is 2.09. The molecule has 0 fully saturated rings. The third kappa shape index (κ3) is 6.07. The lowest BCUT2D eigenvalue weighted by Crippen LogP contribution is -2.50. The number of alkyl halides is 3. The summed E-state index contributed by atoms with van der Waals surface area (Å²) in [5.74, 6) is -0.424. The van der Waals surface area contributed by atoms with Crippen molar-refractivity contribution in [3.05, 3.63) is 0 Å². The normalized spacial score (nSPS) is 17.3. The van der Waals surface area contributed by atoms with Crippen LogP contribution in [0.25, 0.3) is 0 Å². The number of hydrogen-bond acceptors (Lipinski definition) is 1. The van der Waals surface area contributed by atoms with E-state index < -0.39 is 18.1 Å². The SMILES string of the molecule is CC(C)[C@H](N(C)[C@@H](C)CCC(C)(C)C)C(F)(F)F. The van der Waals surface area contributed by atoms with Crippen LogP contribution >= 0.6 is 0 Å². The Labute approximate surface area is 110 Å². The molecule has 4 heteroatoms. The Bertz CT molecular complexity index is 240. The Hall–Kier alpha value is -0.250. The maximum atomic E-state index is 13.0. The van der Waals surface area contributed by atoms with E-state index in [4.69, 9.17) is 0 Å². The van der Waals surface area contributed by atoms with E-state index in [9.17, 15) is 13.2 Å². The van der Waals surface area contributed by atoms with Gasteiger partial charge in [-0.1, -0.05) is 34.6 Å². The quantitative estimate of drug-likeness (QED) is 0.696. The maximum absolute atomic E-state index is 13.0. The average molecular weight is 267 g/mol. The van der Waals surface area contributed by atoms with Crippen molar-refractivity contribution in [1.82, 2.24) is 4.90 Å². The molecule has 0 spiro atoms. The van der Waals surface area contributed by atoms with Gasteiger partial charge < -0.3 is 0 Å². The predicted octanol–water partition coefficient (Wildman–Crippen LogP) is 4.72. The second-order valence-corrected chi connectivity index (χ2v) is 6.84. The molecule has 18 heavy (non-hydrogen) atoms. The summed E-state index contributed by atoms with van der Waals surface area (Å²) in [5, 5.41) is 0. The van der Waals surface area contributed by atoms with E-state index in [1.807, 2.05) is 6.92 Å². The minimum atomic E-state index is -4.15. The monoisotopic (exact) mass is 267 g/mol. The van der Waals surface area contributed by atoms with Crippen molar-refractivity contribution in [3.63, 3.8) is 0 Å². The lowest BCUT2D eigenvalue weighted by atomic mass is 9.88. The van der Waals surface area contributed by atoms with Crippen LogP contribution in [-0.4, -0.2) is 30.2 Å². The molecule has 1 nitrogen and oxygen atoms in total. The molecule has 110 valence electrons. The smallest absolute Gasteiger partial charge is 0.292 e. The number of rotatable bonds is 5. The molecule has 0 N–H and O–H groups in total. The van der Waals surface area contributed by atoms with Crippen molar-refractivity contribution >= 4 is 0 Å². The first-order chi connectivity index (χ1) is 7.86. The third-order valence-corrected chi connectivity index (χ3v) is 3.41. The molecule has 0 amide bonds. The van der Waals surface area contributed by atoms with Gasteiger partial charge in [-0.2, -0.15) is 13.2 Å². The van der Waals surface area contributed by atoms with Gasteiger partial charge in [0, 0.05) is 6.04 Å². The molecule has 0 aliphatic carbocycles. The van der Waals surface area contributed by atoms with Crippen LogP contribution < -0.4 is 0 Å². The van der Waals surface area contributed by atoms with Crippen LogP contribution in [0.1, 0.15) is 54.4 Å². The van der Waals surface area contributed by atoms with Gasteiger partial charge in [-0.15, -0.1) is 0 Å². The molecule has 0 heterocycles. The third-order valence-electron chi connectivity index (χ3n) is 3.41. The molecule has 0 rings (SSSR count). The van der Waals surface area contributed by atoms with E-state index in [-0.39, 0.29) is 11.5 Å². The summed E-state index contributed by atoms with van der Waals surface area (Å²) < 4.78 is 39.0. The lowest BCUT2D eigenvalue weighted by molar-refractivity contribution is -0.196. The summed E-state index contributed by atoms with van der Waals surface area (Å²) >= 11 is 0. The summed E-state index contributed by atoms with van der Waals surface area (Å²) in [5.41, 5.74) is 0.167. The first-order valence-corrected chi connectivity index (χ1v) is 6.65. The van der Waals surface area contributed by atoms with Gasteiger partial charge in [0.25, 0.3) is 0 Å². The van der Waals surface area contributed by atoms with Crippen LogP contribution in [0.15, 0.2) is 0 Å². The minimum absolute atomic E-state index is 0.0572.